The molecule has 1 aromatic carbocycles. The van der Waals surface area contributed by atoms with Gasteiger partial charge >= 0.3 is 0 Å². The molecule has 0 unspecified atom stereocenters. The van der Waals surface area contributed by atoms with Gasteiger partial charge in [-0.2, -0.15) is 11.3 Å². The van der Waals surface area contributed by atoms with Crippen molar-refractivity contribution in [2.45, 2.75) is 6.54 Å². The number of thiophene rings is 1. The Bertz CT molecular complexity index is 602. The van der Waals surface area contributed by atoms with E-state index in [0.717, 1.165) is 12.5 Å². The number of amides is 1. The van der Waals surface area contributed by atoms with Crippen LogP contribution in [0.4, 0.5) is 0 Å². The van der Waals surface area contributed by atoms with E-state index in [4.69, 9.17) is 0 Å². The number of halogens is 1. The van der Waals surface area contributed by atoms with E-state index in [2.05, 4.69) is 32.4 Å². The zero-order chi connectivity index (χ0) is 15.6. The largest absolute Gasteiger partial charge is 0.355 e. The molecule has 0 fully saturated rings. The number of guanidine groups is 1. The number of benzene rings is 1. The second kappa shape index (κ2) is 11.0. The van der Waals surface area contributed by atoms with Crippen LogP contribution in [0.1, 0.15) is 15.9 Å². The molecule has 23 heavy (non-hydrogen) atoms. The van der Waals surface area contributed by atoms with Crippen LogP contribution in [0.15, 0.2) is 52.2 Å². The van der Waals surface area contributed by atoms with Crippen LogP contribution in [0.2, 0.25) is 0 Å². The van der Waals surface area contributed by atoms with Crippen molar-refractivity contribution in [1.82, 2.24) is 16.0 Å². The number of aliphatic imine (C=N–C) groups is 1. The van der Waals surface area contributed by atoms with Crippen LogP contribution in [0.5, 0.6) is 0 Å². The Hall–Kier alpha value is -1.61. The Morgan fingerprint density at radius 1 is 1.09 bits per heavy atom. The van der Waals surface area contributed by atoms with E-state index in [1.807, 2.05) is 23.6 Å². The lowest BCUT2D eigenvalue weighted by atomic mass is 10.2. The van der Waals surface area contributed by atoms with Crippen LogP contribution in [-0.2, 0) is 6.54 Å². The third kappa shape index (κ3) is 7.00. The van der Waals surface area contributed by atoms with E-state index in [-0.39, 0.29) is 29.9 Å². The molecular formula is C16H21IN4OS. The number of carbonyl (C=O) groups excluding carboxylic acids is 1. The molecule has 7 heteroatoms. The standard InChI is InChI=1S/C16H20N4OS.HI/c1-17-16(20-11-13-7-10-22-12-13)19-9-8-18-15(21)14-5-3-2-4-6-14;/h2-7,10,12H,8-9,11H2,1H3,(H,18,21)(H2,17,19,20);1H. The maximum absolute atomic E-state index is 11.9. The molecule has 0 spiro atoms. The Morgan fingerprint density at radius 2 is 1.83 bits per heavy atom. The molecule has 1 heterocycles. The summed E-state index contributed by atoms with van der Waals surface area (Å²) < 4.78 is 0. The third-order valence-corrected chi connectivity index (χ3v) is 3.73. The minimum Gasteiger partial charge on any atom is -0.355 e. The van der Waals surface area contributed by atoms with Crippen molar-refractivity contribution in [3.63, 3.8) is 0 Å². The van der Waals surface area contributed by atoms with Crippen molar-refractivity contribution in [3.8, 4) is 0 Å². The van der Waals surface area contributed by atoms with Crippen molar-refractivity contribution in [2.75, 3.05) is 20.1 Å². The molecule has 0 aliphatic rings. The molecule has 0 radical (unpaired) electrons. The molecule has 2 rings (SSSR count). The SMILES string of the molecule is CN=C(NCCNC(=O)c1ccccc1)NCc1ccsc1.I. The molecule has 0 aliphatic carbocycles. The maximum atomic E-state index is 11.9. The molecule has 5 nitrogen and oxygen atoms in total. The Balaban J connectivity index is 0.00000264. The van der Waals surface area contributed by atoms with Gasteiger partial charge in [0.2, 0.25) is 0 Å². The van der Waals surface area contributed by atoms with Crippen molar-refractivity contribution in [3.05, 3.63) is 58.3 Å². The monoisotopic (exact) mass is 444 g/mol. The van der Waals surface area contributed by atoms with Gasteiger partial charge < -0.3 is 16.0 Å². The predicted molar refractivity (Wildman–Crippen MR) is 107 cm³/mol. The zero-order valence-corrected chi connectivity index (χ0v) is 16.1. The summed E-state index contributed by atoms with van der Waals surface area (Å²) in [5, 5.41) is 13.4. The lowest BCUT2D eigenvalue weighted by Crippen LogP contribution is -2.41. The van der Waals surface area contributed by atoms with E-state index < -0.39 is 0 Å². The zero-order valence-electron chi connectivity index (χ0n) is 12.9. The van der Waals surface area contributed by atoms with Gasteiger partial charge in [-0.25, -0.2) is 0 Å². The average Bonchev–Trinajstić information content (AvgIpc) is 3.08. The van der Waals surface area contributed by atoms with E-state index in [0.29, 0.717) is 18.7 Å². The highest BCUT2D eigenvalue weighted by Gasteiger charge is 2.03. The van der Waals surface area contributed by atoms with E-state index in [1.54, 1.807) is 30.5 Å². The first-order valence-corrected chi connectivity index (χ1v) is 8.02. The molecule has 3 N–H and O–H groups in total. The van der Waals surface area contributed by atoms with Crippen LogP contribution in [0, 0.1) is 0 Å². The Labute approximate surface area is 157 Å². The van der Waals surface area contributed by atoms with Gasteiger partial charge in [-0.1, -0.05) is 18.2 Å². The Kier molecular flexibility index (Phi) is 9.30. The predicted octanol–water partition coefficient (Wildman–Crippen LogP) is 2.46. The number of nitrogens with zero attached hydrogens (tertiary/aromatic N) is 1. The minimum absolute atomic E-state index is 0. The number of carbonyl (C=O) groups is 1. The molecule has 1 amide bonds. The van der Waals surface area contributed by atoms with Gasteiger partial charge in [0, 0.05) is 32.2 Å². The fourth-order valence-corrected chi connectivity index (χ4v) is 2.52. The normalized spacial score (nSPS) is 10.6. The molecule has 0 saturated carbocycles. The van der Waals surface area contributed by atoms with E-state index in [1.165, 1.54) is 5.56 Å². The maximum Gasteiger partial charge on any atom is 0.251 e. The van der Waals surface area contributed by atoms with Crippen LogP contribution >= 0.6 is 35.3 Å². The highest BCUT2D eigenvalue weighted by molar-refractivity contribution is 14.0. The Morgan fingerprint density at radius 3 is 2.48 bits per heavy atom. The van der Waals surface area contributed by atoms with Gasteiger partial charge in [0.1, 0.15) is 0 Å². The fourth-order valence-electron chi connectivity index (χ4n) is 1.85. The first kappa shape index (κ1) is 19.4. The quantitative estimate of drug-likeness (QED) is 0.278. The highest BCUT2D eigenvalue weighted by atomic mass is 127. The summed E-state index contributed by atoms with van der Waals surface area (Å²) in [5.74, 6) is 0.656. The molecule has 2 aromatic rings. The van der Waals surface area contributed by atoms with Gasteiger partial charge in [0.25, 0.3) is 5.91 Å². The summed E-state index contributed by atoms with van der Waals surface area (Å²) in [4.78, 5) is 16.0. The molecule has 0 aliphatic heterocycles. The smallest absolute Gasteiger partial charge is 0.251 e. The third-order valence-electron chi connectivity index (χ3n) is 3.00. The van der Waals surface area contributed by atoms with Gasteiger partial charge in [-0.05, 0) is 34.5 Å². The average molecular weight is 444 g/mol. The fraction of sp³-hybridized carbons (Fsp3) is 0.250. The molecule has 1 aromatic heterocycles. The molecule has 124 valence electrons. The molecule has 0 atom stereocenters. The van der Waals surface area contributed by atoms with Crippen molar-refractivity contribution in [1.29, 1.82) is 0 Å². The highest BCUT2D eigenvalue weighted by Crippen LogP contribution is 2.04. The van der Waals surface area contributed by atoms with Crippen LogP contribution in [-0.4, -0.2) is 32.0 Å². The van der Waals surface area contributed by atoms with Crippen LogP contribution < -0.4 is 16.0 Å². The molecular weight excluding hydrogens is 423 g/mol. The first-order valence-electron chi connectivity index (χ1n) is 7.08. The summed E-state index contributed by atoms with van der Waals surface area (Å²) >= 11 is 1.67. The van der Waals surface area contributed by atoms with Crippen molar-refractivity contribution >= 4 is 47.2 Å². The summed E-state index contributed by atoms with van der Waals surface area (Å²) in [6, 6.07) is 11.3. The van der Waals surface area contributed by atoms with Crippen LogP contribution in [0.3, 0.4) is 0 Å². The summed E-state index contributed by atoms with van der Waals surface area (Å²) in [6.07, 6.45) is 0. The summed E-state index contributed by atoms with van der Waals surface area (Å²) in [7, 11) is 1.73. The van der Waals surface area contributed by atoms with Gasteiger partial charge in [0.05, 0.1) is 0 Å². The molecule has 0 bridgehead atoms. The molecule has 0 saturated heterocycles. The second-order valence-electron chi connectivity index (χ2n) is 4.61. The first-order chi connectivity index (χ1) is 10.8. The van der Waals surface area contributed by atoms with Gasteiger partial charge in [-0.3, -0.25) is 9.79 Å². The van der Waals surface area contributed by atoms with Crippen LogP contribution in [0.25, 0.3) is 0 Å². The lowest BCUT2D eigenvalue weighted by molar-refractivity contribution is 0.0954. The minimum atomic E-state index is -0.0661. The number of hydrogen-bond acceptors (Lipinski definition) is 3. The van der Waals surface area contributed by atoms with Crippen molar-refractivity contribution in [2.24, 2.45) is 4.99 Å². The summed E-state index contributed by atoms with van der Waals surface area (Å²) in [5.41, 5.74) is 1.90. The lowest BCUT2D eigenvalue weighted by Gasteiger charge is -2.11. The second-order valence-corrected chi connectivity index (χ2v) is 5.39. The topological polar surface area (TPSA) is 65.5 Å². The van der Waals surface area contributed by atoms with Crippen molar-refractivity contribution < 1.29 is 4.79 Å². The number of hydrogen-bond donors (Lipinski definition) is 3. The van der Waals surface area contributed by atoms with E-state index in [9.17, 15) is 4.79 Å². The number of rotatable bonds is 6. The van der Waals surface area contributed by atoms with Gasteiger partial charge in [0.15, 0.2) is 5.96 Å². The van der Waals surface area contributed by atoms with Gasteiger partial charge in [-0.15, -0.1) is 24.0 Å². The van der Waals surface area contributed by atoms with E-state index >= 15 is 0 Å². The summed E-state index contributed by atoms with van der Waals surface area (Å²) in [6.45, 7) is 1.88. The number of nitrogens with one attached hydrogen (secondary N) is 3.